The lowest BCUT2D eigenvalue weighted by molar-refractivity contribution is -0.140. The van der Waals surface area contributed by atoms with Crippen molar-refractivity contribution in [1.82, 2.24) is 15.1 Å². The molecule has 1 aliphatic heterocycles. The van der Waals surface area contributed by atoms with Gasteiger partial charge in [0.25, 0.3) is 5.91 Å². The summed E-state index contributed by atoms with van der Waals surface area (Å²) in [7, 11) is 1.78. The van der Waals surface area contributed by atoms with Crippen molar-refractivity contribution >= 4 is 23.6 Å². The molecule has 2 rings (SSSR count). The first-order chi connectivity index (χ1) is 11.6. The zero-order chi connectivity index (χ0) is 18.8. The van der Waals surface area contributed by atoms with E-state index < -0.39 is 17.4 Å². The molecule has 2 amide bonds. The Balaban J connectivity index is 2.02. The maximum Gasteiger partial charge on any atom is 0.303 e. The lowest BCUT2D eigenvalue weighted by Gasteiger charge is -2.33. The van der Waals surface area contributed by atoms with E-state index in [0.29, 0.717) is 18.8 Å². The highest BCUT2D eigenvalue weighted by Gasteiger charge is 2.33. The number of anilines is 1. The average molecular weight is 350 g/mol. The molecule has 2 heterocycles. The number of hydrogen-bond acceptors (Lipinski definition) is 4. The molecule has 0 unspecified atom stereocenters. The molecule has 25 heavy (non-hydrogen) atoms. The number of nitrogens with zero attached hydrogens (tertiary/aromatic N) is 3. The molecule has 1 aromatic heterocycles. The molecule has 8 heteroatoms. The smallest absolute Gasteiger partial charge is 0.303 e. The van der Waals surface area contributed by atoms with Crippen LogP contribution in [0.5, 0.6) is 0 Å². The van der Waals surface area contributed by atoms with Crippen LogP contribution in [0.4, 0.5) is 5.82 Å². The molecule has 2 N–H and O–H groups in total. The van der Waals surface area contributed by atoms with E-state index in [0.717, 1.165) is 12.1 Å². The van der Waals surface area contributed by atoms with Gasteiger partial charge in [-0.1, -0.05) is 13.8 Å². The summed E-state index contributed by atoms with van der Waals surface area (Å²) in [6.45, 7) is 5.92. The van der Waals surface area contributed by atoms with Crippen molar-refractivity contribution < 1.29 is 19.5 Å². The number of carboxylic acid groups (broad SMARTS) is 1. The number of amides is 2. The number of carbonyl (C=O) groups is 3. The molecule has 1 aliphatic rings. The molecule has 138 valence electrons. The van der Waals surface area contributed by atoms with Gasteiger partial charge in [0, 0.05) is 26.1 Å². The number of hydrogen-bond donors (Lipinski definition) is 2. The van der Waals surface area contributed by atoms with Crippen molar-refractivity contribution in [3.05, 3.63) is 11.8 Å². The molecule has 1 atom stereocenters. The number of aliphatic carboxylic acids is 1. The normalized spacial score (nSPS) is 18.3. The fraction of sp³-hybridized carbons (Fsp3) is 0.647. The van der Waals surface area contributed by atoms with Gasteiger partial charge in [-0.25, -0.2) is 0 Å². The molecule has 0 spiro atoms. The topological polar surface area (TPSA) is 105 Å². The van der Waals surface area contributed by atoms with Crippen LogP contribution in [0.15, 0.2) is 6.07 Å². The Morgan fingerprint density at radius 3 is 2.64 bits per heavy atom. The number of nitrogens with one attached hydrogen (secondary N) is 1. The lowest BCUT2D eigenvalue weighted by Crippen LogP contribution is -2.53. The molecular formula is C17H26N4O4. The van der Waals surface area contributed by atoms with Crippen molar-refractivity contribution in [3.8, 4) is 0 Å². The molecule has 1 fully saturated rings. The summed E-state index contributed by atoms with van der Waals surface area (Å²) in [6, 6.07) is 1.26. The summed E-state index contributed by atoms with van der Waals surface area (Å²) in [4.78, 5) is 37.5. The van der Waals surface area contributed by atoms with Gasteiger partial charge in [-0.05, 0) is 25.2 Å². The molecule has 0 radical (unpaired) electrons. The van der Waals surface area contributed by atoms with Crippen molar-refractivity contribution in [3.63, 3.8) is 0 Å². The quantitative estimate of drug-likeness (QED) is 0.803. The summed E-state index contributed by atoms with van der Waals surface area (Å²) in [5, 5.41) is 15.9. The Morgan fingerprint density at radius 1 is 1.40 bits per heavy atom. The Bertz CT molecular complexity index is 680. The molecule has 0 bridgehead atoms. The average Bonchev–Trinajstić information content (AvgIpc) is 2.77. The van der Waals surface area contributed by atoms with Crippen LogP contribution in [0.2, 0.25) is 0 Å². The third-order valence-electron chi connectivity index (χ3n) is 4.30. The molecule has 0 aliphatic carbocycles. The minimum absolute atomic E-state index is 0.0634. The van der Waals surface area contributed by atoms with E-state index in [2.05, 4.69) is 10.4 Å². The molecule has 0 saturated carbocycles. The summed E-state index contributed by atoms with van der Waals surface area (Å²) >= 11 is 0. The van der Waals surface area contributed by atoms with Crippen LogP contribution in [0, 0.1) is 12.3 Å². The third-order valence-corrected chi connectivity index (χ3v) is 4.30. The highest BCUT2D eigenvalue weighted by molar-refractivity contribution is 5.99. The van der Waals surface area contributed by atoms with Gasteiger partial charge in [-0.2, -0.15) is 5.10 Å². The van der Waals surface area contributed by atoms with Gasteiger partial charge in [-0.15, -0.1) is 0 Å². The minimum atomic E-state index is -0.940. The van der Waals surface area contributed by atoms with Gasteiger partial charge in [0.05, 0.1) is 12.1 Å². The minimum Gasteiger partial charge on any atom is -0.481 e. The fourth-order valence-electron chi connectivity index (χ4n) is 3.24. The molecule has 0 aromatic carbocycles. The van der Waals surface area contributed by atoms with E-state index in [4.69, 9.17) is 5.11 Å². The Hall–Kier alpha value is -2.38. The van der Waals surface area contributed by atoms with E-state index in [1.54, 1.807) is 30.5 Å². The number of carbonyl (C=O) groups excluding carboxylic acids is 2. The van der Waals surface area contributed by atoms with Crippen LogP contribution < -0.4 is 10.2 Å². The van der Waals surface area contributed by atoms with Gasteiger partial charge >= 0.3 is 5.97 Å². The molecular weight excluding hydrogens is 324 g/mol. The SMILES string of the molecule is Cc1cc(N2CCC[C@H](NC(=O)CC(C)(C)CC(=O)O)C2=O)n(C)n1. The zero-order valence-corrected chi connectivity index (χ0v) is 15.2. The predicted octanol–water partition coefficient (Wildman–Crippen LogP) is 1.23. The first-order valence-electron chi connectivity index (χ1n) is 8.42. The zero-order valence-electron chi connectivity index (χ0n) is 15.2. The van der Waals surface area contributed by atoms with Crippen LogP contribution in [-0.2, 0) is 21.4 Å². The molecule has 1 aromatic rings. The second-order valence-electron chi connectivity index (χ2n) is 7.43. The van der Waals surface area contributed by atoms with Gasteiger partial charge < -0.3 is 10.4 Å². The molecule has 1 saturated heterocycles. The summed E-state index contributed by atoms with van der Waals surface area (Å²) in [5.74, 6) is -0.678. The fourth-order valence-corrected chi connectivity index (χ4v) is 3.24. The van der Waals surface area contributed by atoms with E-state index in [1.165, 1.54) is 0 Å². The Kier molecular flexibility index (Phi) is 5.49. The van der Waals surface area contributed by atoms with Crippen molar-refractivity contribution in [2.45, 2.75) is 52.5 Å². The van der Waals surface area contributed by atoms with Crippen LogP contribution >= 0.6 is 0 Å². The number of piperidine rings is 1. The predicted molar refractivity (Wildman–Crippen MR) is 92.1 cm³/mol. The highest BCUT2D eigenvalue weighted by Crippen LogP contribution is 2.26. The van der Waals surface area contributed by atoms with Gasteiger partial charge in [0.2, 0.25) is 5.91 Å². The van der Waals surface area contributed by atoms with E-state index in [-0.39, 0.29) is 24.7 Å². The standard InChI is InChI=1S/C17H26N4O4/c1-11-8-14(20(4)19-11)21-7-5-6-12(16(21)25)18-13(22)9-17(2,3)10-15(23)24/h8,12H,5-7,9-10H2,1-4H3,(H,18,22)(H,23,24)/t12-/m0/s1. The number of carboxylic acids is 1. The first kappa shape index (κ1) is 19.0. The summed E-state index contributed by atoms with van der Waals surface area (Å²) in [6.07, 6.45) is 1.32. The first-order valence-corrected chi connectivity index (χ1v) is 8.42. The lowest BCUT2D eigenvalue weighted by atomic mass is 9.85. The van der Waals surface area contributed by atoms with Crippen LogP contribution in [-0.4, -0.2) is 45.3 Å². The number of aromatic nitrogens is 2. The largest absolute Gasteiger partial charge is 0.481 e. The number of rotatable bonds is 6. The van der Waals surface area contributed by atoms with Crippen LogP contribution in [0.1, 0.15) is 45.2 Å². The maximum atomic E-state index is 12.7. The second kappa shape index (κ2) is 7.25. The monoisotopic (exact) mass is 350 g/mol. The summed E-state index contributed by atoms with van der Waals surface area (Å²) < 4.78 is 1.66. The second-order valence-corrected chi connectivity index (χ2v) is 7.43. The Labute approximate surface area is 147 Å². The maximum absolute atomic E-state index is 12.7. The van der Waals surface area contributed by atoms with Gasteiger partial charge in [-0.3, -0.25) is 24.0 Å². The number of aryl methyl sites for hydroxylation is 2. The third kappa shape index (κ3) is 4.80. The van der Waals surface area contributed by atoms with Crippen molar-refractivity contribution in [1.29, 1.82) is 0 Å². The van der Waals surface area contributed by atoms with E-state index in [9.17, 15) is 14.4 Å². The van der Waals surface area contributed by atoms with Crippen molar-refractivity contribution in [2.75, 3.05) is 11.4 Å². The molecule has 8 nitrogen and oxygen atoms in total. The summed E-state index contributed by atoms with van der Waals surface area (Å²) in [5.41, 5.74) is 0.166. The Morgan fingerprint density at radius 2 is 2.08 bits per heavy atom. The van der Waals surface area contributed by atoms with Crippen molar-refractivity contribution in [2.24, 2.45) is 12.5 Å². The highest BCUT2D eigenvalue weighted by atomic mass is 16.4. The van der Waals surface area contributed by atoms with Crippen LogP contribution in [0.25, 0.3) is 0 Å². The van der Waals surface area contributed by atoms with Crippen LogP contribution in [0.3, 0.4) is 0 Å². The van der Waals surface area contributed by atoms with E-state index in [1.807, 2.05) is 13.0 Å². The van der Waals surface area contributed by atoms with Gasteiger partial charge in [0.15, 0.2) is 0 Å². The van der Waals surface area contributed by atoms with E-state index >= 15 is 0 Å². The van der Waals surface area contributed by atoms with Gasteiger partial charge in [0.1, 0.15) is 11.9 Å².